The Hall–Kier alpha value is -2.21. The molecule has 6 heteroatoms. The molecular weight excluding hydrogens is 294 g/mol. The summed E-state index contributed by atoms with van der Waals surface area (Å²) in [4.78, 5) is 12.3. The van der Waals surface area contributed by atoms with Gasteiger partial charge in [-0.1, -0.05) is 40.6 Å². The summed E-state index contributed by atoms with van der Waals surface area (Å²) < 4.78 is 4.63. The normalized spacial score (nSPS) is 21.5. The highest BCUT2D eigenvalue weighted by atomic mass is 16.6. The van der Waals surface area contributed by atoms with Gasteiger partial charge in [-0.2, -0.15) is 0 Å². The molecule has 1 aromatic carbocycles. The molecule has 0 spiro atoms. The molecule has 0 radical (unpaired) electrons. The predicted octanol–water partition coefficient (Wildman–Crippen LogP) is 1.42. The average Bonchev–Trinajstić information content (AvgIpc) is 2.89. The smallest absolute Gasteiger partial charge is 0.226 e. The maximum atomic E-state index is 12.3. The van der Waals surface area contributed by atoms with Gasteiger partial charge in [0.05, 0.1) is 12.5 Å². The van der Waals surface area contributed by atoms with E-state index in [4.69, 9.17) is 0 Å². The zero-order valence-electron chi connectivity index (χ0n) is 13.1. The fraction of sp³-hybridized carbons (Fsp3) is 0.471. The molecule has 0 bridgehead atoms. The molecule has 6 nitrogen and oxygen atoms in total. The second-order valence-corrected chi connectivity index (χ2v) is 6.22. The van der Waals surface area contributed by atoms with E-state index >= 15 is 0 Å². The quantitative estimate of drug-likeness (QED) is 0.841. The molecule has 1 fully saturated rings. The van der Waals surface area contributed by atoms with Crippen LogP contribution in [0, 0.1) is 12.8 Å². The number of aliphatic hydroxyl groups is 1. The molecule has 1 saturated carbocycles. The number of carbonyl (C=O) groups excluding carboxylic acids is 1. The van der Waals surface area contributed by atoms with E-state index < -0.39 is 0 Å². The molecule has 122 valence electrons. The number of hydrogen-bond donors (Lipinski definition) is 2. The van der Waals surface area contributed by atoms with E-state index in [0.29, 0.717) is 17.3 Å². The minimum Gasteiger partial charge on any atom is -0.393 e. The number of aromatic nitrogens is 2. The summed E-state index contributed by atoms with van der Waals surface area (Å²) in [5.41, 5.74) is 2.38. The van der Waals surface area contributed by atoms with Crippen LogP contribution in [0.4, 0.5) is 0 Å². The largest absolute Gasteiger partial charge is 0.393 e. The molecule has 0 aliphatic heterocycles. The second-order valence-electron chi connectivity index (χ2n) is 6.22. The topological polar surface area (TPSA) is 88.2 Å². The molecule has 1 aromatic heterocycles. The first kappa shape index (κ1) is 15.7. The Morgan fingerprint density at radius 2 is 2.09 bits per heavy atom. The lowest BCUT2D eigenvalue weighted by molar-refractivity contribution is -0.122. The van der Waals surface area contributed by atoms with Crippen molar-refractivity contribution >= 4 is 5.91 Å². The van der Waals surface area contributed by atoms with Gasteiger partial charge >= 0.3 is 0 Å². The summed E-state index contributed by atoms with van der Waals surface area (Å²) in [5, 5.41) is 20.1. The Balaban J connectivity index is 1.63. The lowest BCUT2D eigenvalue weighted by atomic mass is 9.75. The van der Waals surface area contributed by atoms with Crippen LogP contribution in [0.5, 0.6) is 0 Å². The molecule has 0 saturated heterocycles. The van der Waals surface area contributed by atoms with Crippen molar-refractivity contribution in [3.8, 4) is 0 Å². The highest BCUT2D eigenvalue weighted by molar-refractivity contribution is 5.78. The molecule has 1 heterocycles. The van der Waals surface area contributed by atoms with E-state index in [1.54, 1.807) is 6.92 Å². The number of rotatable bonds is 6. The third-order valence-electron chi connectivity index (χ3n) is 4.44. The summed E-state index contributed by atoms with van der Waals surface area (Å²) >= 11 is 0. The summed E-state index contributed by atoms with van der Waals surface area (Å²) in [6.07, 6.45) is 2.16. The number of hydrogen-bond acceptors (Lipinski definition) is 5. The van der Waals surface area contributed by atoms with Crippen LogP contribution >= 0.6 is 0 Å². The van der Waals surface area contributed by atoms with E-state index in [1.807, 2.05) is 18.2 Å². The molecular formula is C17H21N3O3. The average molecular weight is 315 g/mol. The molecule has 0 unspecified atom stereocenters. The number of nitrogens with one attached hydrogen (secondary N) is 1. The van der Waals surface area contributed by atoms with Gasteiger partial charge in [-0.25, -0.2) is 4.63 Å². The summed E-state index contributed by atoms with van der Waals surface area (Å²) in [5.74, 6) is 0.219. The van der Waals surface area contributed by atoms with Crippen molar-refractivity contribution in [2.75, 3.05) is 0 Å². The van der Waals surface area contributed by atoms with Crippen molar-refractivity contribution < 1.29 is 14.5 Å². The lowest BCUT2D eigenvalue weighted by Crippen LogP contribution is -2.48. The van der Waals surface area contributed by atoms with E-state index in [9.17, 15) is 9.90 Å². The number of carbonyl (C=O) groups is 1. The van der Waals surface area contributed by atoms with Crippen LogP contribution in [-0.4, -0.2) is 33.5 Å². The fourth-order valence-electron chi connectivity index (χ4n) is 2.98. The zero-order chi connectivity index (χ0) is 16.2. The maximum Gasteiger partial charge on any atom is 0.226 e. The Kier molecular flexibility index (Phi) is 4.71. The van der Waals surface area contributed by atoms with Crippen molar-refractivity contribution in [1.82, 2.24) is 15.6 Å². The van der Waals surface area contributed by atoms with Gasteiger partial charge in [0.1, 0.15) is 11.4 Å². The highest BCUT2D eigenvalue weighted by Crippen LogP contribution is 2.31. The van der Waals surface area contributed by atoms with Crippen molar-refractivity contribution in [2.45, 2.75) is 44.8 Å². The van der Waals surface area contributed by atoms with Gasteiger partial charge < -0.3 is 10.4 Å². The summed E-state index contributed by atoms with van der Waals surface area (Å²) in [6, 6.07) is 10.1. The Morgan fingerprint density at radius 1 is 1.35 bits per heavy atom. The number of nitrogens with zero attached hydrogens (tertiary/aromatic N) is 2. The fourth-order valence-corrected chi connectivity index (χ4v) is 2.98. The van der Waals surface area contributed by atoms with Gasteiger partial charge in [-0.15, -0.1) is 0 Å². The number of aliphatic hydroxyl groups excluding tert-OH is 1. The van der Waals surface area contributed by atoms with E-state index in [-0.39, 0.29) is 24.5 Å². The third kappa shape index (κ3) is 3.96. The van der Waals surface area contributed by atoms with Crippen LogP contribution in [0.15, 0.2) is 35.0 Å². The molecule has 1 aliphatic carbocycles. The van der Waals surface area contributed by atoms with Gasteiger partial charge in [0.2, 0.25) is 5.91 Å². The van der Waals surface area contributed by atoms with Crippen molar-refractivity contribution in [3.63, 3.8) is 0 Å². The second kappa shape index (κ2) is 6.91. The molecule has 1 atom stereocenters. The number of aryl methyl sites for hydroxylation is 1. The van der Waals surface area contributed by atoms with Gasteiger partial charge in [0.25, 0.3) is 0 Å². The Morgan fingerprint density at radius 3 is 2.70 bits per heavy atom. The lowest BCUT2D eigenvalue weighted by Gasteiger charge is -2.38. The summed E-state index contributed by atoms with van der Waals surface area (Å²) in [7, 11) is 0. The number of amides is 1. The van der Waals surface area contributed by atoms with Crippen LogP contribution in [0.2, 0.25) is 0 Å². The number of benzene rings is 1. The Labute approximate surface area is 134 Å². The molecule has 3 rings (SSSR count). The standard InChI is InChI=1S/C17H21N3O3/c1-11-15(20-23-19-11)10-17(22)18-16(13-8-14(21)9-13)7-12-5-3-2-4-6-12/h2-6,13-14,16,21H,7-10H2,1H3,(H,18,22)/t13?,14?,16-/m0/s1. The van der Waals surface area contributed by atoms with Crippen molar-refractivity contribution in [1.29, 1.82) is 0 Å². The molecule has 1 aliphatic rings. The first-order valence-electron chi connectivity index (χ1n) is 7.91. The third-order valence-corrected chi connectivity index (χ3v) is 4.44. The maximum absolute atomic E-state index is 12.3. The minimum absolute atomic E-state index is 0.0217. The molecule has 23 heavy (non-hydrogen) atoms. The minimum atomic E-state index is -0.239. The predicted molar refractivity (Wildman–Crippen MR) is 83.5 cm³/mol. The Bertz CT molecular complexity index is 650. The van der Waals surface area contributed by atoms with E-state index in [2.05, 4.69) is 32.4 Å². The van der Waals surface area contributed by atoms with Crippen LogP contribution in [0.25, 0.3) is 0 Å². The van der Waals surface area contributed by atoms with E-state index in [0.717, 1.165) is 19.3 Å². The monoisotopic (exact) mass is 315 g/mol. The van der Waals surface area contributed by atoms with Crippen LogP contribution in [-0.2, 0) is 17.6 Å². The van der Waals surface area contributed by atoms with Crippen LogP contribution < -0.4 is 5.32 Å². The van der Waals surface area contributed by atoms with Crippen LogP contribution in [0.3, 0.4) is 0 Å². The zero-order valence-corrected chi connectivity index (χ0v) is 13.1. The first-order valence-corrected chi connectivity index (χ1v) is 7.91. The first-order chi connectivity index (χ1) is 11.1. The molecule has 2 N–H and O–H groups in total. The molecule has 2 aromatic rings. The molecule has 1 amide bonds. The van der Waals surface area contributed by atoms with Gasteiger partial charge in [-0.05, 0) is 37.7 Å². The van der Waals surface area contributed by atoms with Gasteiger partial charge in [-0.3, -0.25) is 4.79 Å². The van der Waals surface area contributed by atoms with Crippen molar-refractivity contribution in [2.24, 2.45) is 5.92 Å². The van der Waals surface area contributed by atoms with Gasteiger partial charge in [0.15, 0.2) is 0 Å². The van der Waals surface area contributed by atoms with E-state index in [1.165, 1.54) is 5.56 Å². The van der Waals surface area contributed by atoms with Crippen LogP contribution in [0.1, 0.15) is 29.8 Å². The highest BCUT2D eigenvalue weighted by Gasteiger charge is 2.34. The van der Waals surface area contributed by atoms with Gasteiger partial charge in [0, 0.05) is 6.04 Å². The summed E-state index contributed by atoms with van der Waals surface area (Å²) in [6.45, 7) is 1.77. The SMILES string of the molecule is Cc1nonc1CC(=O)N[C@@H](Cc1ccccc1)C1CC(O)C1. The van der Waals surface area contributed by atoms with Crippen molar-refractivity contribution in [3.05, 3.63) is 47.3 Å².